The number of methoxy groups -OCH3 is 1. The number of carbonyl (C=O) groups is 1. The van der Waals surface area contributed by atoms with Gasteiger partial charge in [0.1, 0.15) is 17.4 Å². The molecule has 134 valence electrons. The van der Waals surface area contributed by atoms with Gasteiger partial charge >= 0.3 is 0 Å². The minimum atomic E-state index is -0.639. The summed E-state index contributed by atoms with van der Waals surface area (Å²) < 4.78 is 33.2. The number of rotatable bonds is 7. The van der Waals surface area contributed by atoms with Crippen LogP contribution < -0.4 is 10.1 Å². The van der Waals surface area contributed by atoms with Crippen molar-refractivity contribution in [3.05, 3.63) is 59.4 Å². The van der Waals surface area contributed by atoms with Gasteiger partial charge in [-0.1, -0.05) is 6.07 Å². The van der Waals surface area contributed by atoms with E-state index < -0.39 is 17.7 Å². The third-order valence-corrected chi connectivity index (χ3v) is 3.85. The van der Waals surface area contributed by atoms with Crippen molar-refractivity contribution in [3.8, 4) is 5.75 Å². The molecule has 2 rings (SSSR count). The standard InChI is InChI=1S/C18H21F2N3O2/c1-23(2)15(18-12(19)6-4-7-13(18)20)11-22-17(24)10-14-16(25-3)8-5-9-21-14/h4-9,15H,10-11H2,1-3H3,(H,22,24)/t15-/m0/s1. The molecule has 1 amide bonds. The lowest BCUT2D eigenvalue weighted by molar-refractivity contribution is -0.120. The van der Waals surface area contributed by atoms with E-state index >= 15 is 0 Å². The highest BCUT2D eigenvalue weighted by atomic mass is 19.1. The predicted octanol–water partition coefficient (Wildman–Crippen LogP) is 2.33. The second-order valence-electron chi connectivity index (χ2n) is 5.75. The summed E-state index contributed by atoms with van der Waals surface area (Å²) in [6.45, 7) is 0.0683. The third-order valence-electron chi connectivity index (χ3n) is 3.85. The molecular formula is C18H21F2N3O2. The molecule has 0 aliphatic heterocycles. The van der Waals surface area contributed by atoms with Gasteiger partial charge in [0.2, 0.25) is 5.91 Å². The van der Waals surface area contributed by atoms with E-state index in [1.54, 1.807) is 37.3 Å². The topological polar surface area (TPSA) is 54.5 Å². The van der Waals surface area contributed by atoms with E-state index in [-0.39, 0.29) is 24.4 Å². The van der Waals surface area contributed by atoms with Crippen LogP contribution in [0.25, 0.3) is 0 Å². The number of likely N-dealkylation sites (N-methyl/N-ethyl adjacent to an activating group) is 1. The Morgan fingerprint density at radius 2 is 1.92 bits per heavy atom. The van der Waals surface area contributed by atoms with Crippen molar-refractivity contribution >= 4 is 5.91 Å². The first-order valence-electron chi connectivity index (χ1n) is 7.79. The van der Waals surface area contributed by atoms with Crippen LogP contribution in [0.4, 0.5) is 8.78 Å². The Labute approximate surface area is 145 Å². The monoisotopic (exact) mass is 349 g/mol. The van der Waals surface area contributed by atoms with Gasteiger partial charge in [-0.25, -0.2) is 8.78 Å². The van der Waals surface area contributed by atoms with Crippen LogP contribution in [-0.2, 0) is 11.2 Å². The summed E-state index contributed by atoms with van der Waals surface area (Å²) in [5, 5.41) is 2.71. The van der Waals surface area contributed by atoms with E-state index in [4.69, 9.17) is 4.74 Å². The average molecular weight is 349 g/mol. The molecule has 5 nitrogen and oxygen atoms in total. The van der Waals surface area contributed by atoms with Gasteiger partial charge in [0.25, 0.3) is 0 Å². The van der Waals surface area contributed by atoms with Gasteiger partial charge in [0.05, 0.1) is 25.3 Å². The van der Waals surface area contributed by atoms with Gasteiger partial charge in [-0.2, -0.15) is 0 Å². The van der Waals surface area contributed by atoms with Crippen LogP contribution in [0.1, 0.15) is 17.3 Å². The zero-order valence-electron chi connectivity index (χ0n) is 14.4. The first-order chi connectivity index (χ1) is 11.9. The fourth-order valence-corrected chi connectivity index (χ4v) is 2.54. The van der Waals surface area contributed by atoms with Crippen LogP contribution in [0.5, 0.6) is 5.75 Å². The van der Waals surface area contributed by atoms with Crippen LogP contribution >= 0.6 is 0 Å². The molecule has 0 spiro atoms. The fourth-order valence-electron chi connectivity index (χ4n) is 2.54. The second-order valence-corrected chi connectivity index (χ2v) is 5.75. The van der Waals surface area contributed by atoms with Crippen LogP contribution in [0, 0.1) is 11.6 Å². The van der Waals surface area contributed by atoms with Crippen LogP contribution in [0.3, 0.4) is 0 Å². The number of aromatic nitrogens is 1. The van der Waals surface area contributed by atoms with Gasteiger partial charge in [-0.3, -0.25) is 9.78 Å². The lowest BCUT2D eigenvalue weighted by Gasteiger charge is -2.25. The molecule has 0 bridgehead atoms. The maximum atomic E-state index is 14.0. The van der Waals surface area contributed by atoms with Gasteiger partial charge in [-0.05, 0) is 38.4 Å². The highest BCUT2D eigenvalue weighted by molar-refractivity contribution is 5.78. The first kappa shape index (κ1) is 18.8. The van der Waals surface area contributed by atoms with Gasteiger partial charge in [0.15, 0.2) is 0 Å². The average Bonchev–Trinajstić information content (AvgIpc) is 2.57. The number of pyridine rings is 1. The second kappa shape index (κ2) is 8.53. The number of carbonyl (C=O) groups excluding carboxylic acids is 1. The minimum Gasteiger partial charge on any atom is -0.495 e. The molecule has 0 unspecified atom stereocenters. The zero-order valence-corrected chi connectivity index (χ0v) is 14.4. The van der Waals surface area contributed by atoms with Crippen molar-refractivity contribution in [2.45, 2.75) is 12.5 Å². The molecule has 0 aliphatic rings. The molecule has 25 heavy (non-hydrogen) atoms. The molecule has 1 aromatic carbocycles. The Kier molecular flexibility index (Phi) is 6.41. The molecule has 1 heterocycles. The first-order valence-corrected chi connectivity index (χ1v) is 7.79. The molecule has 0 saturated heterocycles. The van der Waals surface area contributed by atoms with E-state index in [9.17, 15) is 13.6 Å². The van der Waals surface area contributed by atoms with Crippen LogP contribution in [-0.4, -0.2) is 43.5 Å². The third kappa shape index (κ3) is 4.73. The fraction of sp³-hybridized carbons (Fsp3) is 0.333. The van der Waals surface area contributed by atoms with Crippen molar-refractivity contribution in [1.82, 2.24) is 15.2 Å². The van der Waals surface area contributed by atoms with Crippen molar-refractivity contribution in [2.75, 3.05) is 27.7 Å². The molecular weight excluding hydrogens is 328 g/mol. The number of hydrogen-bond acceptors (Lipinski definition) is 4. The molecule has 0 saturated carbocycles. The van der Waals surface area contributed by atoms with Crippen molar-refractivity contribution in [1.29, 1.82) is 0 Å². The Balaban J connectivity index is 2.08. The minimum absolute atomic E-state index is 0.0178. The molecule has 1 atom stereocenters. The van der Waals surface area contributed by atoms with E-state index in [0.717, 1.165) is 0 Å². The summed E-state index contributed by atoms with van der Waals surface area (Å²) in [7, 11) is 4.90. The smallest absolute Gasteiger partial charge is 0.226 e. The summed E-state index contributed by atoms with van der Waals surface area (Å²) in [4.78, 5) is 18.0. The highest BCUT2D eigenvalue weighted by Gasteiger charge is 2.23. The maximum absolute atomic E-state index is 14.0. The Bertz CT molecular complexity index is 718. The Morgan fingerprint density at radius 1 is 1.24 bits per heavy atom. The largest absolute Gasteiger partial charge is 0.495 e. The van der Waals surface area contributed by atoms with Crippen molar-refractivity contribution < 1.29 is 18.3 Å². The highest BCUT2D eigenvalue weighted by Crippen LogP contribution is 2.24. The zero-order chi connectivity index (χ0) is 18.4. The lowest BCUT2D eigenvalue weighted by Crippen LogP contribution is -2.36. The number of halogens is 2. The molecule has 1 aromatic heterocycles. The van der Waals surface area contributed by atoms with Crippen molar-refractivity contribution in [3.63, 3.8) is 0 Å². The van der Waals surface area contributed by atoms with E-state index in [2.05, 4.69) is 10.3 Å². The summed E-state index contributed by atoms with van der Waals surface area (Å²) in [6, 6.07) is 6.52. The van der Waals surface area contributed by atoms with E-state index in [1.165, 1.54) is 25.3 Å². The number of benzene rings is 1. The van der Waals surface area contributed by atoms with Crippen LogP contribution in [0.15, 0.2) is 36.5 Å². The molecule has 0 radical (unpaired) electrons. The number of nitrogens with one attached hydrogen (secondary N) is 1. The van der Waals surface area contributed by atoms with Gasteiger partial charge < -0.3 is 15.0 Å². The number of amides is 1. The van der Waals surface area contributed by atoms with E-state index in [1.807, 2.05) is 0 Å². The van der Waals surface area contributed by atoms with Crippen molar-refractivity contribution in [2.24, 2.45) is 0 Å². The predicted molar refractivity (Wildman–Crippen MR) is 90.3 cm³/mol. The summed E-state index contributed by atoms with van der Waals surface area (Å²) >= 11 is 0. The molecule has 2 aromatic rings. The lowest BCUT2D eigenvalue weighted by atomic mass is 10.0. The summed E-state index contributed by atoms with van der Waals surface area (Å²) in [6.07, 6.45) is 1.59. The van der Waals surface area contributed by atoms with E-state index in [0.29, 0.717) is 11.4 Å². The maximum Gasteiger partial charge on any atom is 0.226 e. The molecule has 7 heteroatoms. The normalized spacial score (nSPS) is 12.1. The number of hydrogen-bond donors (Lipinski definition) is 1. The molecule has 0 aliphatic carbocycles. The summed E-state index contributed by atoms with van der Waals surface area (Å²) in [5.41, 5.74) is 0.434. The van der Waals surface area contributed by atoms with Gasteiger partial charge in [-0.15, -0.1) is 0 Å². The number of ether oxygens (including phenoxy) is 1. The number of nitrogens with zero attached hydrogens (tertiary/aromatic N) is 2. The van der Waals surface area contributed by atoms with Crippen LogP contribution in [0.2, 0.25) is 0 Å². The van der Waals surface area contributed by atoms with Gasteiger partial charge in [0, 0.05) is 18.3 Å². The SMILES string of the molecule is COc1cccnc1CC(=O)NC[C@@H](c1c(F)cccc1F)N(C)C. The Hall–Kier alpha value is -2.54. The Morgan fingerprint density at radius 3 is 2.52 bits per heavy atom. The quantitative estimate of drug-likeness (QED) is 0.834. The summed E-state index contributed by atoms with van der Waals surface area (Å²) in [5.74, 6) is -1.07. The molecule has 0 fully saturated rings. The molecule has 1 N–H and O–H groups in total.